The van der Waals surface area contributed by atoms with Crippen molar-refractivity contribution in [2.75, 3.05) is 36.4 Å². The maximum absolute atomic E-state index is 11.9. The van der Waals surface area contributed by atoms with E-state index in [1.807, 2.05) is 30.0 Å². The van der Waals surface area contributed by atoms with Gasteiger partial charge in [-0.1, -0.05) is 41.9 Å². The monoisotopic (exact) mass is 438 g/mol. The van der Waals surface area contributed by atoms with Crippen LogP contribution >= 0.6 is 11.6 Å². The van der Waals surface area contributed by atoms with Gasteiger partial charge in [0, 0.05) is 43.4 Å². The summed E-state index contributed by atoms with van der Waals surface area (Å²) < 4.78 is 0. The largest absolute Gasteiger partial charge is 0.353 e. The number of hydrogen-bond donors (Lipinski definition) is 1. The molecule has 1 saturated heterocycles. The molecule has 4 rings (SSSR count). The number of aryl methyl sites for hydroxylation is 1. The Morgan fingerprint density at radius 2 is 1.84 bits per heavy atom. The molecule has 0 spiro atoms. The molecule has 2 aromatic carbocycles. The van der Waals surface area contributed by atoms with Crippen LogP contribution in [-0.4, -0.2) is 46.0 Å². The van der Waals surface area contributed by atoms with E-state index in [9.17, 15) is 10.1 Å². The number of nitrogens with zero attached hydrogens (tertiary/aromatic N) is 5. The molecule has 0 radical (unpaired) electrons. The third-order valence-electron chi connectivity index (χ3n) is 5.35. The first-order valence-corrected chi connectivity index (χ1v) is 10.4. The number of benzene rings is 2. The fourth-order valence-corrected chi connectivity index (χ4v) is 3.94. The average Bonchev–Trinajstić information content (AvgIpc) is 2.77. The first-order chi connectivity index (χ1) is 15.0. The number of anilines is 3. The van der Waals surface area contributed by atoms with Crippen LogP contribution in [0, 0.1) is 17.0 Å². The summed E-state index contributed by atoms with van der Waals surface area (Å²) in [5, 5.41) is 15.6. The zero-order valence-electron chi connectivity index (χ0n) is 17.2. The number of piperazine rings is 1. The van der Waals surface area contributed by atoms with Gasteiger partial charge in [-0.3, -0.25) is 15.0 Å². The highest BCUT2D eigenvalue weighted by Crippen LogP contribution is 2.35. The highest BCUT2D eigenvalue weighted by molar-refractivity contribution is 6.30. The maximum Gasteiger partial charge on any atom is 0.353 e. The minimum Gasteiger partial charge on any atom is -0.348 e. The summed E-state index contributed by atoms with van der Waals surface area (Å²) in [5.74, 6) is 0.514. The second kappa shape index (κ2) is 9.28. The molecule has 0 amide bonds. The van der Waals surface area contributed by atoms with E-state index in [0.29, 0.717) is 29.6 Å². The van der Waals surface area contributed by atoms with E-state index in [1.165, 1.54) is 11.9 Å². The summed E-state index contributed by atoms with van der Waals surface area (Å²) in [6.45, 7) is 5.66. The summed E-state index contributed by atoms with van der Waals surface area (Å²) in [6.07, 6.45) is 1.37. The molecule has 1 fully saturated rings. The van der Waals surface area contributed by atoms with Crippen molar-refractivity contribution in [2.24, 2.45) is 0 Å². The predicted octanol–water partition coefficient (Wildman–Crippen LogP) is 4.41. The topological polar surface area (TPSA) is 87.4 Å². The number of hydrogen-bond acceptors (Lipinski definition) is 7. The zero-order valence-corrected chi connectivity index (χ0v) is 17.9. The number of halogens is 1. The summed E-state index contributed by atoms with van der Waals surface area (Å²) in [4.78, 5) is 24.2. The Kier molecular flexibility index (Phi) is 6.29. The molecule has 0 saturated carbocycles. The van der Waals surface area contributed by atoms with Crippen molar-refractivity contribution in [3.8, 4) is 0 Å². The average molecular weight is 439 g/mol. The molecule has 1 aromatic heterocycles. The van der Waals surface area contributed by atoms with Crippen LogP contribution in [0.5, 0.6) is 0 Å². The molecule has 0 unspecified atom stereocenters. The quantitative estimate of drug-likeness (QED) is 0.450. The third-order valence-corrected chi connectivity index (χ3v) is 5.58. The summed E-state index contributed by atoms with van der Waals surface area (Å²) in [5.41, 5.74) is 2.73. The minimum atomic E-state index is -0.417. The van der Waals surface area contributed by atoms with Crippen LogP contribution < -0.4 is 10.2 Å². The van der Waals surface area contributed by atoms with Crippen molar-refractivity contribution in [1.29, 1.82) is 0 Å². The molecule has 1 aliphatic rings. The summed E-state index contributed by atoms with van der Waals surface area (Å²) >= 11 is 6.02. The van der Waals surface area contributed by atoms with Gasteiger partial charge in [0.25, 0.3) is 0 Å². The SMILES string of the molecule is Cc1cc(Cl)ccc1Nc1ncnc(N2CCN(Cc3ccccc3)CC2)c1[N+](=O)[O-]. The predicted molar refractivity (Wildman–Crippen MR) is 122 cm³/mol. The molecule has 0 aliphatic carbocycles. The fourth-order valence-electron chi connectivity index (χ4n) is 3.71. The van der Waals surface area contributed by atoms with Gasteiger partial charge in [-0.15, -0.1) is 0 Å². The van der Waals surface area contributed by atoms with E-state index in [4.69, 9.17) is 11.6 Å². The van der Waals surface area contributed by atoms with Gasteiger partial charge in [-0.05, 0) is 36.2 Å². The molecule has 0 bridgehead atoms. The van der Waals surface area contributed by atoms with Crippen LogP contribution in [0.25, 0.3) is 0 Å². The smallest absolute Gasteiger partial charge is 0.348 e. The van der Waals surface area contributed by atoms with Gasteiger partial charge >= 0.3 is 5.69 Å². The molecule has 160 valence electrons. The molecule has 9 heteroatoms. The zero-order chi connectivity index (χ0) is 21.8. The lowest BCUT2D eigenvalue weighted by molar-refractivity contribution is -0.383. The number of rotatable bonds is 6. The minimum absolute atomic E-state index is 0.117. The molecule has 1 N–H and O–H groups in total. The first kappa shape index (κ1) is 21.0. The summed E-state index contributed by atoms with van der Waals surface area (Å²) in [7, 11) is 0. The second-order valence-corrected chi connectivity index (χ2v) is 7.92. The van der Waals surface area contributed by atoms with E-state index in [0.717, 1.165) is 25.2 Å². The van der Waals surface area contributed by atoms with Crippen molar-refractivity contribution in [3.05, 3.63) is 81.1 Å². The van der Waals surface area contributed by atoms with Gasteiger partial charge in [0.15, 0.2) is 0 Å². The van der Waals surface area contributed by atoms with E-state index in [1.54, 1.807) is 18.2 Å². The van der Waals surface area contributed by atoms with Crippen LogP contribution in [0.2, 0.25) is 5.02 Å². The third kappa shape index (κ3) is 4.92. The lowest BCUT2D eigenvalue weighted by Crippen LogP contribution is -2.46. The Morgan fingerprint density at radius 1 is 1.10 bits per heavy atom. The number of nitrogens with one attached hydrogen (secondary N) is 1. The molecule has 0 atom stereocenters. The number of nitro groups is 1. The van der Waals surface area contributed by atoms with Crippen molar-refractivity contribution in [1.82, 2.24) is 14.9 Å². The lowest BCUT2D eigenvalue weighted by Gasteiger charge is -2.35. The molecule has 3 aromatic rings. The molecule has 8 nitrogen and oxygen atoms in total. The van der Waals surface area contributed by atoms with Crippen molar-refractivity contribution in [3.63, 3.8) is 0 Å². The highest BCUT2D eigenvalue weighted by atomic mass is 35.5. The Morgan fingerprint density at radius 3 is 2.52 bits per heavy atom. The van der Waals surface area contributed by atoms with Gasteiger partial charge < -0.3 is 10.2 Å². The van der Waals surface area contributed by atoms with E-state index < -0.39 is 4.92 Å². The maximum atomic E-state index is 11.9. The molecular weight excluding hydrogens is 416 g/mol. The summed E-state index contributed by atoms with van der Waals surface area (Å²) in [6, 6.07) is 15.6. The van der Waals surface area contributed by atoms with Gasteiger partial charge in [0.1, 0.15) is 6.33 Å². The van der Waals surface area contributed by atoms with Gasteiger partial charge in [-0.25, -0.2) is 9.97 Å². The van der Waals surface area contributed by atoms with E-state index in [2.05, 4.69) is 32.3 Å². The number of aromatic nitrogens is 2. The second-order valence-electron chi connectivity index (χ2n) is 7.48. The Balaban J connectivity index is 1.52. The van der Waals surface area contributed by atoms with Gasteiger partial charge in [-0.2, -0.15) is 0 Å². The lowest BCUT2D eigenvalue weighted by atomic mass is 10.2. The van der Waals surface area contributed by atoms with Crippen LogP contribution in [-0.2, 0) is 6.54 Å². The molecule has 31 heavy (non-hydrogen) atoms. The fraction of sp³-hybridized carbons (Fsp3) is 0.273. The van der Waals surface area contributed by atoms with E-state index >= 15 is 0 Å². The van der Waals surface area contributed by atoms with Gasteiger partial charge in [0.05, 0.1) is 4.92 Å². The Labute approximate surface area is 185 Å². The van der Waals surface area contributed by atoms with Crippen LogP contribution in [0.4, 0.5) is 23.0 Å². The van der Waals surface area contributed by atoms with Crippen molar-refractivity contribution in [2.45, 2.75) is 13.5 Å². The van der Waals surface area contributed by atoms with Gasteiger partial charge in [0.2, 0.25) is 11.6 Å². The van der Waals surface area contributed by atoms with Crippen molar-refractivity contribution >= 4 is 34.6 Å². The highest BCUT2D eigenvalue weighted by Gasteiger charge is 2.29. The molecular formula is C22H23ClN6O2. The normalized spacial score (nSPS) is 14.5. The first-order valence-electron chi connectivity index (χ1n) is 10.0. The van der Waals surface area contributed by atoms with Crippen LogP contribution in [0.1, 0.15) is 11.1 Å². The Hall–Kier alpha value is -3.23. The molecule has 1 aliphatic heterocycles. The Bertz CT molecular complexity index is 1070. The van der Waals surface area contributed by atoms with Crippen LogP contribution in [0.15, 0.2) is 54.9 Å². The standard InChI is InChI=1S/C22H23ClN6O2/c1-16-13-18(23)7-8-19(16)26-21-20(29(30)31)22(25-15-24-21)28-11-9-27(10-12-28)14-17-5-3-2-4-6-17/h2-8,13,15H,9-12,14H2,1H3,(H,24,25,26). The molecule has 2 heterocycles. The van der Waals surface area contributed by atoms with Crippen molar-refractivity contribution < 1.29 is 4.92 Å². The van der Waals surface area contributed by atoms with E-state index in [-0.39, 0.29) is 11.5 Å². The van der Waals surface area contributed by atoms with Crippen LogP contribution in [0.3, 0.4) is 0 Å².